The number of aryl methyl sites for hydroxylation is 2. The summed E-state index contributed by atoms with van der Waals surface area (Å²) in [5.74, 6) is -0.206. The van der Waals surface area contributed by atoms with E-state index in [9.17, 15) is 4.39 Å². The maximum Gasteiger partial charge on any atom is 0.124 e. The summed E-state index contributed by atoms with van der Waals surface area (Å²) >= 11 is 5.36. The van der Waals surface area contributed by atoms with Crippen molar-refractivity contribution in [3.8, 4) is 0 Å². The van der Waals surface area contributed by atoms with Crippen molar-refractivity contribution in [1.82, 2.24) is 5.32 Å². The molecule has 0 bridgehead atoms. The van der Waals surface area contributed by atoms with Gasteiger partial charge in [0.05, 0.1) is 0 Å². The molecule has 1 aromatic heterocycles. The Kier molecular flexibility index (Phi) is 4.24. The first-order valence-corrected chi connectivity index (χ1v) is 8.53. The smallest absolute Gasteiger partial charge is 0.124 e. The van der Waals surface area contributed by atoms with Gasteiger partial charge in [0.25, 0.3) is 0 Å². The standard InChI is InChI=1S/C16H17BrFNS/c1-10(14-6-5-12(18)8-15(14)17)19-9-13-7-11-3-2-4-16(11)20-13/h5-8,10,19H,2-4,9H2,1H3. The molecule has 0 saturated heterocycles. The van der Waals surface area contributed by atoms with Crippen molar-refractivity contribution in [2.24, 2.45) is 0 Å². The molecule has 1 N–H and O–H groups in total. The fourth-order valence-corrected chi connectivity index (χ4v) is 4.60. The van der Waals surface area contributed by atoms with Crippen molar-refractivity contribution >= 4 is 27.3 Å². The second-order valence-corrected chi connectivity index (χ2v) is 7.36. The zero-order valence-corrected chi connectivity index (χ0v) is 13.8. The quantitative estimate of drug-likeness (QED) is 0.816. The van der Waals surface area contributed by atoms with Crippen LogP contribution in [0.15, 0.2) is 28.7 Å². The Morgan fingerprint density at radius 3 is 2.95 bits per heavy atom. The second kappa shape index (κ2) is 5.96. The number of hydrogen-bond donors (Lipinski definition) is 1. The van der Waals surface area contributed by atoms with Crippen molar-refractivity contribution in [3.63, 3.8) is 0 Å². The lowest BCUT2D eigenvalue weighted by Gasteiger charge is -2.15. The predicted molar refractivity (Wildman–Crippen MR) is 85.7 cm³/mol. The average molecular weight is 354 g/mol. The van der Waals surface area contributed by atoms with E-state index in [1.54, 1.807) is 10.4 Å². The van der Waals surface area contributed by atoms with Crippen molar-refractivity contribution in [2.75, 3.05) is 0 Å². The van der Waals surface area contributed by atoms with Gasteiger partial charge in [-0.25, -0.2) is 4.39 Å². The topological polar surface area (TPSA) is 12.0 Å². The van der Waals surface area contributed by atoms with E-state index in [1.165, 1.54) is 36.3 Å². The highest BCUT2D eigenvalue weighted by molar-refractivity contribution is 9.10. The third-order valence-electron chi connectivity index (χ3n) is 3.81. The van der Waals surface area contributed by atoms with Crippen LogP contribution in [0, 0.1) is 5.82 Å². The molecule has 1 aliphatic carbocycles. The zero-order valence-electron chi connectivity index (χ0n) is 11.4. The van der Waals surface area contributed by atoms with E-state index < -0.39 is 0 Å². The Bertz CT molecular complexity index is 601. The maximum absolute atomic E-state index is 13.1. The fourth-order valence-electron chi connectivity index (χ4n) is 2.69. The summed E-state index contributed by atoms with van der Waals surface area (Å²) in [6.07, 6.45) is 3.80. The molecule has 0 fully saturated rings. The summed E-state index contributed by atoms with van der Waals surface area (Å²) in [4.78, 5) is 2.97. The van der Waals surface area contributed by atoms with Gasteiger partial charge < -0.3 is 5.32 Å². The third-order valence-corrected chi connectivity index (χ3v) is 5.73. The summed E-state index contributed by atoms with van der Waals surface area (Å²) in [5.41, 5.74) is 2.64. The van der Waals surface area contributed by atoms with Gasteiger partial charge in [-0.2, -0.15) is 0 Å². The van der Waals surface area contributed by atoms with E-state index in [0.717, 1.165) is 16.6 Å². The number of hydrogen-bond acceptors (Lipinski definition) is 2. The van der Waals surface area contributed by atoms with E-state index in [-0.39, 0.29) is 11.9 Å². The molecule has 1 unspecified atom stereocenters. The molecule has 0 aliphatic heterocycles. The SMILES string of the molecule is CC(NCc1cc2c(s1)CCC2)c1ccc(F)cc1Br. The summed E-state index contributed by atoms with van der Waals surface area (Å²) < 4.78 is 13.9. The molecule has 20 heavy (non-hydrogen) atoms. The van der Waals surface area contributed by atoms with E-state index in [1.807, 2.05) is 17.4 Å². The Labute approximate surface area is 131 Å². The lowest BCUT2D eigenvalue weighted by Crippen LogP contribution is -2.18. The van der Waals surface area contributed by atoms with Gasteiger partial charge >= 0.3 is 0 Å². The molecular weight excluding hydrogens is 337 g/mol. The number of rotatable bonds is 4. The number of fused-ring (bicyclic) bond motifs is 1. The number of thiophene rings is 1. The first-order valence-electron chi connectivity index (χ1n) is 6.92. The molecule has 4 heteroatoms. The average Bonchev–Trinajstić information content (AvgIpc) is 2.96. The molecule has 1 atom stereocenters. The fraction of sp³-hybridized carbons (Fsp3) is 0.375. The Morgan fingerprint density at radius 1 is 1.35 bits per heavy atom. The Balaban J connectivity index is 1.65. The summed E-state index contributed by atoms with van der Waals surface area (Å²) in [6, 6.07) is 7.41. The molecule has 1 nitrogen and oxygen atoms in total. The van der Waals surface area contributed by atoms with Gasteiger partial charge in [-0.05, 0) is 55.5 Å². The number of benzene rings is 1. The minimum atomic E-state index is -0.206. The van der Waals surface area contributed by atoms with Gasteiger partial charge in [0.2, 0.25) is 0 Å². The van der Waals surface area contributed by atoms with Crippen LogP contribution in [0.3, 0.4) is 0 Å². The zero-order chi connectivity index (χ0) is 14.1. The molecule has 0 radical (unpaired) electrons. The third kappa shape index (κ3) is 2.97. The first-order chi connectivity index (χ1) is 9.63. The first kappa shape index (κ1) is 14.2. The largest absolute Gasteiger partial charge is 0.305 e. The lowest BCUT2D eigenvalue weighted by molar-refractivity contribution is 0.572. The molecular formula is C16H17BrFNS. The molecule has 1 heterocycles. The van der Waals surface area contributed by atoms with Crippen molar-refractivity contribution in [1.29, 1.82) is 0 Å². The Morgan fingerprint density at radius 2 is 2.20 bits per heavy atom. The van der Waals surface area contributed by atoms with Crippen LogP contribution in [0.1, 0.15) is 40.3 Å². The van der Waals surface area contributed by atoms with Gasteiger partial charge in [-0.15, -0.1) is 11.3 Å². The predicted octanol–water partition coefficient (Wildman–Crippen LogP) is 4.99. The molecule has 3 rings (SSSR count). The highest BCUT2D eigenvalue weighted by atomic mass is 79.9. The maximum atomic E-state index is 13.1. The van der Waals surface area contributed by atoms with Gasteiger partial charge in [-0.3, -0.25) is 0 Å². The normalized spacial score (nSPS) is 15.3. The van der Waals surface area contributed by atoms with Gasteiger partial charge in [0.15, 0.2) is 0 Å². The van der Waals surface area contributed by atoms with Crippen LogP contribution in [-0.4, -0.2) is 0 Å². The molecule has 0 spiro atoms. The van der Waals surface area contributed by atoms with Crippen LogP contribution >= 0.6 is 27.3 Å². The van der Waals surface area contributed by atoms with Gasteiger partial charge in [-0.1, -0.05) is 22.0 Å². The van der Waals surface area contributed by atoms with E-state index in [2.05, 4.69) is 34.2 Å². The van der Waals surface area contributed by atoms with Crippen LogP contribution in [0.4, 0.5) is 4.39 Å². The molecule has 0 amide bonds. The van der Waals surface area contributed by atoms with Crippen molar-refractivity contribution in [2.45, 2.75) is 38.8 Å². The monoisotopic (exact) mass is 353 g/mol. The van der Waals surface area contributed by atoms with Crippen LogP contribution in [0.2, 0.25) is 0 Å². The molecule has 1 aromatic carbocycles. The van der Waals surface area contributed by atoms with Gasteiger partial charge in [0.1, 0.15) is 5.82 Å². The van der Waals surface area contributed by atoms with Crippen molar-refractivity contribution < 1.29 is 4.39 Å². The minimum absolute atomic E-state index is 0.196. The highest BCUT2D eigenvalue weighted by Gasteiger charge is 2.15. The number of nitrogens with one attached hydrogen (secondary N) is 1. The lowest BCUT2D eigenvalue weighted by atomic mass is 10.1. The van der Waals surface area contributed by atoms with E-state index >= 15 is 0 Å². The van der Waals surface area contributed by atoms with Crippen LogP contribution in [-0.2, 0) is 19.4 Å². The van der Waals surface area contributed by atoms with Crippen molar-refractivity contribution in [3.05, 3.63) is 55.4 Å². The summed E-state index contributed by atoms with van der Waals surface area (Å²) in [6.45, 7) is 2.99. The molecule has 2 aromatic rings. The van der Waals surface area contributed by atoms with E-state index in [4.69, 9.17) is 0 Å². The summed E-state index contributed by atoms with van der Waals surface area (Å²) in [5, 5.41) is 3.52. The van der Waals surface area contributed by atoms with E-state index in [0.29, 0.717) is 0 Å². The molecule has 1 aliphatic rings. The van der Waals surface area contributed by atoms with Gasteiger partial charge in [0, 0.05) is 26.8 Å². The highest BCUT2D eigenvalue weighted by Crippen LogP contribution is 2.31. The second-order valence-electron chi connectivity index (χ2n) is 5.28. The van der Waals surface area contributed by atoms with Crippen LogP contribution in [0.25, 0.3) is 0 Å². The Hall–Kier alpha value is -0.710. The number of halogens is 2. The van der Waals surface area contributed by atoms with Crippen LogP contribution < -0.4 is 5.32 Å². The summed E-state index contributed by atoms with van der Waals surface area (Å²) in [7, 11) is 0. The molecule has 106 valence electrons. The molecule has 0 saturated carbocycles. The minimum Gasteiger partial charge on any atom is -0.305 e. The van der Waals surface area contributed by atoms with Crippen LogP contribution in [0.5, 0.6) is 0 Å².